The van der Waals surface area contributed by atoms with Gasteiger partial charge in [0.1, 0.15) is 5.82 Å². The first-order chi connectivity index (χ1) is 10.5. The van der Waals surface area contributed by atoms with Crippen LogP contribution in [-0.2, 0) is 10.2 Å². The van der Waals surface area contributed by atoms with Crippen molar-refractivity contribution in [2.75, 3.05) is 5.32 Å². The molecular formula is C17H14Br2FNO. The van der Waals surface area contributed by atoms with Crippen molar-refractivity contribution in [1.82, 2.24) is 0 Å². The molecule has 0 radical (unpaired) electrons. The highest BCUT2D eigenvalue weighted by atomic mass is 79.9. The van der Waals surface area contributed by atoms with E-state index in [1.54, 1.807) is 6.07 Å². The molecule has 2 aromatic carbocycles. The van der Waals surface area contributed by atoms with Gasteiger partial charge < -0.3 is 5.32 Å². The molecule has 22 heavy (non-hydrogen) atoms. The van der Waals surface area contributed by atoms with Gasteiger partial charge in [-0.3, -0.25) is 4.79 Å². The van der Waals surface area contributed by atoms with Gasteiger partial charge in [0, 0.05) is 8.95 Å². The zero-order valence-electron chi connectivity index (χ0n) is 11.7. The number of hydrogen-bond donors (Lipinski definition) is 1. The van der Waals surface area contributed by atoms with Crippen LogP contribution in [0.4, 0.5) is 10.1 Å². The summed E-state index contributed by atoms with van der Waals surface area (Å²) in [5.41, 5.74) is 1.14. The molecule has 1 aliphatic rings. The number of halogens is 3. The average Bonchev–Trinajstić information content (AvgIpc) is 2.43. The monoisotopic (exact) mass is 425 g/mol. The highest BCUT2D eigenvalue weighted by molar-refractivity contribution is 9.10. The van der Waals surface area contributed by atoms with Crippen LogP contribution in [0.25, 0.3) is 0 Å². The number of benzene rings is 2. The van der Waals surface area contributed by atoms with Gasteiger partial charge in [0.2, 0.25) is 5.91 Å². The molecule has 0 unspecified atom stereocenters. The fourth-order valence-corrected chi connectivity index (χ4v) is 3.49. The Labute approximate surface area is 145 Å². The summed E-state index contributed by atoms with van der Waals surface area (Å²) in [7, 11) is 0. The zero-order chi connectivity index (χ0) is 15.7. The molecule has 0 aromatic heterocycles. The Kier molecular flexibility index (Phi) is 4.37. The number of amides is 1. The van der Waals surface area contributed by atoms with Crippen molar-refractivity contribution in [2.24, 2.45) is 0 Å². The van der Waals surface area contributed by atoms with E-state index in [4.69, 9.17) is 0 Å². The normalized spacial score (nSPS) is 16.0. The molecule has 0 aliphatic heterocycles. The lowest BCUT2D eigenvalue weighted by Crippen LogP contribution is -2.46. The molecule has 0 atom stereocenters. The standard InChI is InChI=1S/C17H14Br2FNO/c18-12-4-2-11(3-5-12)17(8-1-9-17)16(22)21-15-7-6-13(20)10-14(15)19/h2-7,10H,1,8-9H2,(H,21,22). The quantitative estimate of drug-likeness (QED) is 0.698. The molecule has 1 amide bonds. The zero-order valence-corrected chi connectivity index (χ0v) is 14.9. The van der Waals surface area contributed by atoms with Gasteiger partial charge in [0.25, 0.3) is 0 Å². The lowest BCUT2D eigenvalue weighted by molar-refractivity contribution is -0.124. The van der Waals surface area contributed by atoms with Gasteiger partial charge in [-0.1, -0.05) is 34.5 Å². The van der Waals surface area contributed by atoms with E-state index >= 15 is 0 Å². The van der Waals surface area contributed by atoms with Crippen molar-refractivity contribution in [3.63, 3.8) is 0 Å². The first-order valence-electron chi connectivity index (χ1n) is 7.04. The molecule has 1 N–H and O–H groups in total. The van der Waals surface area contributed by atoms with E-state index in [0.717, 1.165) is 29.3 Å². The number of carbonyl (C=O) groups is 1. The Hall–Kier alpha value is -1.20. The minimum Gasteiger partial charge on any atom is -0.324 e. The summed E-state index contributed by atoms with van der Waals surface area (Å²) >= 11 is 6.70. The van der Waals surface area contributed by atoms with E-state index in [-0.39, 0.29) is 11.7 Å². The van der Waals surface area contributed by atoms with Crippen molar-refractivity contribution < 1.29 is 9.18 Å². The molecule has 1 aliphatic carbocycles. The van der Waals surface area contributed by atoms with Gasteiger partial charge in [-0.05, 0) is 64.7 Å². The van der Waals surface area contributed by atoms with Gasteiger partial charge in [0.15, 0.2) is 0 Å². The topological polar surface area (TPSA) is 29.1 Å². The number of hydrogen-bond acceptors (Lipinski definition) is 1. The molecule has 0 saturated heterocycles. The largest absolute Gasteiger partial charge is 0.324 e. The molecule has 0 spiro atoms. The fraction of sp³-hybridized carbons (Fsp3) is 0.235. The lowest BCUT2D eigenvalue weighted by atomic mass is 9.64. The van der Waals surface area contributed by atoms with Gasteiger partial charge in [-0.25, -0.2) is 4.39 Å². The van der Waals surface area contributed by atoms with Crippen LogP contribution in [0, 0.1) is 5.82 Å². The summed E-state index contributed by atoms with van der Waals surface area (Å²) in [5.74, 6) is -0.371. The second-order valence-electron chi connectivity index (χ2n) is 5.52. The van der Waals surface area contributed by atoms with Crippen LogP contribution in [0.5, 0.6) is 0 Å². The van der Waals surface area contributed by atoms with Crippen molar-refractivity contribution in [3.05, 3.63) is 62.8 Å². The Morgan fingerprint density at radius 1 is 1.09 bits per heavy atom. The van der Waals surface area contributed by atoms with E-state index in [9.17, 15) is 9.18 Å². The van der Waals surface area contributed by atoms with E-state index < -0.39 is 5.41 Å². The molecule has 2 aromatic rings. The maximum Gasteiger partial charge on any atom is 0.235 e. The van der Waals surface area contributed by atoms with Crippen molar-refractivity contribution in [2.45, 2.75) is 24.7 Å². The molecule has 2 nitrogen and oxygen atoms in total. The van der Waals surface area contributed by atoms with Crippen molar-refractivity contribution >= 4 is 43.5 Å². The number of anilines is 1. The van der Waals surface area contributed by atoms with Crippen LogP contribution in [-0.4, -0.2) is 5.91 Å². The molecule has 5 heteroatoms. The molecular weight excluding hydrogens is 413 g/mol. The van der Waals surface area contributed by atoms with Crippen LogP contribution < -0.4 is 5.32 Å². The Bertz CT molecular complexity index is 711. The first-order valence-corrected chi connectivity index (χ1v) is 8.62. The van der Waals surface area contributed by atoms with E-state index in [1.165, 1.54) is 12.1 Å². The Balaban J connectivity index is 1.87. The second-order valence-corrected chi connectivity index (χ2v) is 7.29. The van der Waals surface area contributed by atoms with Gasteiger partial charge in [-0.2, -0.15) is 0 Å². The summed E-state index contributed by atoms with van der Waals surface area (Å²) < 4.78 is 14.7. The highest BCUT2D eigenvalue weighted by Crippen LogP contribution is 2.45. The molecule has 1 saturated carbocycles. The molecule has 3 rings (SSSR count). The van der Waals surface area contributed by atoms with Crippen LogP contribution in [0.2, 0.25) is 0 Å². The van der Waals surface area contributed by atoms with Gasteiger partial charge >= 0.3 is 0 Å². The smallest absolute Gasteiger partial charge is 0.235 e. The first kappa shape index (κ1) is 15.7. The minimum atomic E-state index is -0.478. The third-order valence-electron chi connectivity index (χ3n) is 4.22. The average molecular weight is 427 g/mol. The maximum atomic E-state index is 13.2. The molecule has 0 heterocycles. The lowest BCUT2D eigenvalue weighted by Gasteiger charge is -2.40. The number of nitrogens with one attached hydrogen (secondary N) is 1. The number of carbonyl (C=O) groups excluding carboxylic acids is 1. The Morgan fingerprint density at radius 3 is 2.32 bits per heavy atom. The van der Waals surface area contributed by atoms with Crippen LogP contribution in [0.3, 0.4) is 0 Å². The SMILES string of the molecule is O=C(Nc1ccc(F)cc1Br)C1(c2ccc(Br)cc2)CCC1. The van der Waals surface area contributed by atoms with Crippen molar-refractivity contribution in [3.8, 4) is 0 Å². The summed E-state index contributed by atoms with van der Waals surface area (Å²) in [5, 5.41) is 2.93. The predicted molar refractivity (Wildman–Crippen MR) is 92.4 cm³/mol. The summed E-state index contributed by atoms with van der Waals surface area (Å²) in [6, 6.07) is 12.2. The maximum absolute atomic E-state index is 13.2. The van der Waals surface area contributed by atoms with E-state index in [0.29, 0.717) is 10.2 Å². The van der Waals surface area contributed by atoms with Gasteiger partial charge in [0.05, 0.1) is 11.1 Å². The Morgan fingerprint density at radius 2 is 1.77 bits per heavy atom. The summed E-state index contributed by atoms with van der Waals surface area (Å²) in [6.07, 6.45) is 2.70. The van der Waals surface area contributed by atoms with Crippen LogP contribution in [0.15, 0.2) is 51.4 Å². The fourth-order valence-electron chi connectivity index (χ4n) is 2.78. The molecule has 114 valence electrons. The number of rotatable bonds is 3. The van der Waals surface area contributed by atoms with Crippen LogP contribution >= 0.6 is 31.9 Å². The third kappa shape index (κ3) is 2.84. The van der Waals surface area contributed by atoms with E-state index in [1.807, 2.05) is 24.3 Å². The van der Waals surface area contributed by atoms with Crippen LogP contribution in [0.1, 0.15) is 24.8 Å². The molecule has 1 fully saturated rings. The predicted octanol–water partition coefficient (Wildman–Crippen LogP) is 5.41. The van der Waals surface area contributed by atoms with E-state index in [2.05, 4.69) is 37.2 Å². The minimum absolute atomic E-state index is 0.0339. The van der Waals surface area contributed by atoms with Crippen molar-refractivity contribution in [1.29, 1.82) is 0 Å². The van der Waals surface area contributed by atoms with Gasteiger partial charge in [-0.15, -0.1) is 0 Å². The third-order valence-corrected chi connectivity index (χ3v) is 5.40. The molecule has 0 bridgehead atoms. The summed E-state index contributed by atoms with van der Waals surface area (Å²) in [4.78, 5) is 12.8. The summed E-state index contributed by atoms with van der Waals surface area (Å²) in [6.45, 7) is 0. The second kappa shape index (κ2) is 6.13. The highest BCUT2D eigenvalue weighted by Gasteiger charge is 2.45.